The van der Waals surface area contributed by atoms with Gasteiger partial charge in [-0.1, -0.05) is 25.2 Å². The number of aliphatic hydroxyl groups excluding tert-OH is 1. The summed E-state index contributed by atoms with van der Waals surface area (Å²) >= 11 is 9.69. The fourth-order valence-corrected chi connectivity index (χ4v) is 6.36. The van der Waals surface area contributed by atoms with E-state index in [0.717, 1.165) is 29.6 Å². The van der Waals surface area contributed by atoms with Crippen molar-refractivity contribution >= 4 is 41.1 Å². The molecule has 2 saturated carbocycles. The SMILES string of the molecule is O=C(O)CSCCSC[C@@H]1[C@@H](C#CCC2CCCCC2)[C@H](O)C[C@H]1Cl. The molecule has 25 heavy (non-hydrogen) atoms. The Kier molecular flexibility index (Phi) is 9.91. The number of carboxylic acid groups (broad SMARTS) is 1. The zero-order valence-electron chi connectivity index (χ0n) is 14.7. The van der Waals surface area contributed by atoms with Gasteiger partial charge in [0.15, 0.2) is 0 Å². The molecule has 0 amide bonds. The summed E-state index contributed by atoms with van der Waals surface area (Å²) in [5.41, 5.74) is 0. The van der Waals surface area contributed by atoms with Crippen LogP contribution in [0.1, 0.15) is 44.9 Å². The van der Waals surface area contributed by atoms with E-state index in [2.05, 4.69) is 11.8 Å². The average molecular weight is 405 g/mol. The van der Waals surface area contributed by atoms with Crippen molar-refractivity contribution in [3.05, 3.63) is 0 Å². The lowest BCUT2D eigenvalue weighted by molar-refractivity contribution is -0.133. The van der Waals surface area contributed by atoms with Crippen LogP contribution in [0.3, 0.4) is 0 Å². The second-order valence-corrected chi connectivity index (χ2v) is 9.87. The summed E-state index contributed by atoms with van der Waals surface area (Å²) in [6.07, 6.45) is 7.81. The Balaban J connectivity index is 1.74. The van der Waals surface area contributed by atoms with Gasteiger partial charge in [-0.25, -0.2) is 0 Å². The molecule has 142 valence electrons. The second kappa shape index (κ2) is 11.6. The Bertz CT molecular complexity index is 471. The fraction of sp³-hybridized carbons (Fsp3) is 0.842. The van der Waals surface area contributed by atoms with Crippen molar-refractivity contribution in [3.63, 3.8) is 0 Å². The summed E-state index contributed by atoms with van der Waals surface area (Å²) < 4.78 is 0. The number of hydrogen-bond acceptors (Lipinski definition) is 4. The molecule has 0 aliphatic heterocycles. The Hall–Kier alpha value is -0.0200. The number of alkyl halides is 1. The summed E-state index contributed by atoms with van der Waals surface area (Å²) in [6.45, 7) is 0. The van der Waals surface area contributed by atoms with E-state index in [1.165, 1.54) is 43.9 Å². The fourth-order valence-electron chi connectivity index (χ4n) is 3.68. The van der Waals surface area contributed by atoms with Gasteiger partial charge in [-0.3, -0.25) is 4.79 Å². The maximum atomic E-state index is 10.5. The van der Waals surface area contributed by atoms with Gasteiger partial charge in [0.05, 0.1) is 17.8 Å². The minimum atomic E-state index is -0.761. The van der Waals surface area contributed by atoms with Crippen molar-refractivity contribution in [1.82, 2.24) is 0 Å². The van der Waals surface area contributed by atoms with Crippen LogP contribution >= 0.6 is 35.1 Å². The van der Waals surface area contributed by atoms with Gasteiger partial charge in [0, 0.05) is 29.2 Å². The van der Waals surface area contributed by atoms with Crippen LogP contribution in [0.5, 0.6) is 0 Å². The molecule has 3 nitrogen and oxygen atoms in total. The van der Waals surface area contributed by atoms with Crippen LogP contribution < -0.4 is 0 Å². The minimum Gasteiger partial charge on any atom is -0.481 e. The van der Waals surface area contributed by atoms with E-state index in [9.17, 15) is 9.90 Å². The van der Waals surface area contributed by atoms with Crippen molar-refractivity contribution in [1.29, 1.82) is 0 Å². The first-order valence-corrected chi connectivity index (χ1v) is 12.0. The Morgan fingerprint density at radius 3 is 2.60 bits per heavy atom. The molecule has 2 N–H and O–H groups in total. The zero-order valence-corrected chi connectivity index (χ0v) is 17.1. The molecule has 0 radical (unpaired) electrons. The second-order valence-electron chi connectivity index (χ2n) is 7.06. The van der Waals surface area contributed by atoms with Gasteiger partial charge in [0.25, 0.3) is 0 Å². The van der Waals surface area contributed by atoms with E-state index >= 15 is 0 Å². The van der Waals surface area contributed by atoms with Gasteiger partial charge in [-0.05, 0) is 30.9 Å². The minimum absolute atomic E-state index is 0.00902. The summed E-state index contributed by atoms with van der Waals surface area (Å²) in [7, 11) is 0. The molecule has 0 saturated heterocycles. The maximum Gasteiger partial charge on any atom is 0.313 e. The molecule has 2 aliphatic rings. The Morgan fingerprint density at radius 2 is 1.88 bits per heavy atom. The molecule has 0 heterocycles. The number of rotatable bonds is 8. The molecule has 4 atom stereocenters. The van der Waals surface area contributed by atoms with Crippen molar-refractivity contribution in [2.75, 3.05) is 23.0 Å². The van der Waals surface area contributed by atoms with Crippen LogP contribution in [0.25, 0.3) is 0 Å². The van der Waals surface area contributed by atoms with Gasteiger partial charge in [-0.15, -0.1) is 29.3 Å². The highest BCUT2D eigenvalue weighted by atomic mass is 35.5. The first-order valence-electron chi connectivity index (χ1n) is 9.25. The molecule has 0 bridgehead atoms. The molecule has 6 heteroatoms. The lowest BCUT2D eigenvalue weighted by atomic mass is 9.87. The number of carboxylic acids is 1. The van der Waals surface area contributed by atoms with Crippen LogP contribution in [0.15, 0.2) is 0 Å². The highest BCUT2D eigenvalue weighted by Gasteiger charge is 2.40. The monoisotopic (exact) mass is 404 g/mol. The highest BCUT2D eigenvalue weighted by molar-refractivity contribution is 8.03. The summed E-state index contributed by atoms with van der Waals surface area (Å²) in [4.78, 5) is 10.5. The first-order chi connectivity index (χ1) is 12.1. The third kappa shape index (κ3) is 7.62. The quantitative estimate of drug-likeness (QED) is 0.362. The highest BCUT2D eigenvalue weighted by Crippen LogP contribution is 2.38. The molecular formula is C19H29ClO3S2. The summed E-state index contributed by atoms with van der Waals surface area (Å²) in [6, 6.07) is 0. The van der Waals surface area contributed by atoms with Gasteiger partial charge < -0.3 is 10.2 Å². The van der Waals surface area contributed by atoms with Crippen LogP contribution in [-0.4, -0.2) is 50.7 Å². The normalized spacial score (nSPS) is 30.0. The van der Waals surface area contributed by atoms with Crippen molar-refractivity contribution in [2.24, 2.45) is 17.8 Å². The van der Waals surface area contributed by atoms with Crippen LogP contribution in [0.2, 0.25) is 0 Å². The van der Waals surface area contributed by atoms with E-state index in [-0.39, 0.29) is 23.0 Å². The smallest absolute Gasteiger partial charge is 0.313 e. The van der Waals surface area contributed by atoms with E-state index in [0.29, 0.717) is 6.42 Å². The molecule has 0 aromatic carbocycles. The Morgan fingerprint density at radius 1 is 1.16 bits per heavy atom. The first kappa shape index (κ1) is 21.3. The van der Waals surface area contributed by atoms with Crippen molar-refractivity contribution in [2.45, 2.75) is 56.4 Å². The number of hydrogen-bond donors (Lipinski definition) is 2. The Labute approximate surface area is 165 Å². The van der Waals surface area contributed by atoms with Gasteiger partial charge in [-0.2, -0.15) is 11.8 Å². The number of carbonyl (C=O) groups is 1. The number of aliphatic hydroxyl groups is 1. The molecule has 0 spiro atoms. The van der Waals surface area contributed by atoms with Crippen LogP contribution in [0, 0.1) is 29.6 Å². The topological polar surface area (TPSA) is 57.5 Å². The molecule has 0 unspecified atom stereocenters. The lowest BCUT2D eigenvalue weighted by Gasteiger charge is -2.20. The van der Waals surface area contributed by atoms with E-state index < -0.39 is 12.1 Å². The summed E-state index contributed by atoms with van der Waals surface area (Å²) in [5.74, 6) is 9.69. The third-order valence-electron chi connectivity index (χ3n) is 5.10. The van der Waals surface area contributed by atoms with Crippen LogP contribution in [-0.2, 0) is 4.79 Å². The maximum absolute atomic E-state index is 10.5. The predicted molar refractivity (Wildman–Crippen MR) is 108 cm³/mol. The van der Waals surface area contributed by atoms with E-state index in [1.807, 2.05) is 0 Å². The molecule has 0 aromatic heterocycles. The predicted octanol–water partition coefficient (Wildman–Crippen LogP) is 4.12. The zero-order chi connectivity index (χ0) is 18.1. The van der Waals surface area contributed by atoms with E-state index in [4.69, 9.17) is 16.7 Å². The van der Waals surface area contributed by atoms with E-state index in [1.54, 1.807) is 11.8 Å². The molecule has 2 rings (SSSR count). The van der Waals surface area contributed by atoms with Crippen molar-refractivity contribution in [3.8, 4) is 11.8 Å². The molecular weight excluding hydrogens is 376 g/mol. The van der Waals surface area contributed by atoms with Crippen LogP contribution in [0.4, 0.5) is 0 Å². The largest absolute Gasteiger partial charge is 0.481 e. The number of aliphatic carboxylic acids is 1. The van der Waals surface area contributed by atoms with Gasteiger partial charge >= 0.3 is 5.97 Å². The number of halogens is 1. The summed E-state index contributed by atoms with van der Waals surface area (Å²) in [5, 5.41) is 18.9. The van der Waals surface area contributed by atoms with Gasteiger partial charge in [0.2, 0.25) is 0 Å². The molecule has 2 fully saturated rings. The number of thioether (sulfide) groups is 2. The molecule has 0 aromatic rings. The average Bonchev–Trinajstić information content (AvgIpc) is 2.85. The molecule has 2 aliphatic carbocycles. The van der Waals surface area contributed by atoms with Crippen molar-refractivity contribution < 1.29 is 15.0 Å². The lowest BCUT2D eigenvalue weighted by Crippen LogP contribution is -2.21. The third-order valence-corrected chi connectivity index (χ3v) is 7.92. The van der Waals surface area contributed by atoms with Gasteiger partial charge in [0.1, 0.15) is 0 Å². The standard InChI is InChI=1S/C19H29ClO3S2/c20-17-11-18(21)15(8-4-7-14-5-2-1-3-6-14)16(17)12-24-9-10-25-13-19(22)23/h14-18,21H,1-3,5-7,9-13H2,(H,22,23)/t15-,16-,17-,18-/m1/s1.